The third-order valence-corrected chi connectivity index (χ3v) is 14.4. The Morgan fingerprint density at radius 1 is 0.477 bits per heavy atom. The molecule has 4 nitrogen and oxygen atoms in total. The third kappa shape index (κ3) is 5.72. The van der Waals surface area contributed by atoms with Gasteiger partial charge in [0.05, 0.1) is 22.6 Å². The molecule has 0 N–H and O–H groups in total. The first-order valence-corrected chi connectivity index (χ1v) is 23.3. The van der Waals surface area contributed by atoms with Gasteiger partial charge in [-0.1, -0.05) is 178 Å². The Morgan fingerprint density at radius 3 is 1.75 bits per heavy atom. The van der Waals surface area contributed by atoms with Gasteiger partial charge in [0.25, 0.3) is 0 Å². The summed E-state index contributed by atoms with van der Waals surface area (Å²) in [6.07, 6.45) is 2.04. The Morgan fingerprint density at radius 2 is 1.11 bits per heavy atom. The van der Waals surface area contributed by atoms with Crippen molar-refractivity contribution in [2.75, 3.05) is 9.80 Å². The van der Waals surface area contributed by atoms with Crippen LogP contribution in [-0.4, -0.2) is 0 Å². The molecule has 0 bridgehead atoms. The fourth-order valence-corrected chi connectivity index (χ4v) is 11.1. The summed E-state index contributed by atoms with van der Waals surface area (Å²) in [4.78, 5) is 5.33. The smallest absolute Gasteiger partial charge is 0.410 e. The minimum Gasteiger partial charge on any atom is -0.410 e. The molecule has 5 heterocycles. The van der Waals surface area contributed by atoms with Gasteiger partial charge in [-0.3, -0.25) is 0 Å². The highest BCUT2D eigenvalue weighted by Gasteiger charge is 2.70. The van der Waals surface area contributed by atoms with E-state index >= 15 is 0 Å². The number of benzene rings is 7. The van der Waals surface area contributed by atoms with Gasteiger partial charge in [0.1, 0.15) is 17.5 Å². The van der Waals surface area contributed by atoms with E-state index < -0.39 is 5.85 Å². The van der Waals surface area contributed by atoms with E-state index in [9.17, 15) is 0 Å². The normalized spacial score (nSPS) is 17.6. The largest absolute Gasteiger partial charge is 0.432 e. The van der Waals surface area contributed by atoms with Crippen LogP contribution in [0, 0.1) is 0 Å². The number of nitrogens with zero attached hydrogens (tertiary/aromatic N) is 3. The Balaban J connectivity index is 1.24. The maximum Gasteiger partial charge on any atom is 0.432 e. The highest BCUT2D eigenvalue weighted by atomic mass is 16.5. The monoisotopic (exact) mass is 846 g/mol. The molecule has 0 fully saturated rings. The van der Waals surface area contributed by atoms with Crippen LogP contribution in [-0.2, 0) is 22.1 Å². The van der Waals surface area contributed by atoms with Crippen LogP contribution < -0.4 is 19.1 Å². The highest BCUT2D eigenvalue weighted by Crippen LogP contribution is 2.68. The van der Waals surface area contributed by atoms with Gasteiger partial charge >= 0.3 is 5.85 Å². The number of hydrogen-bond donors (Lipinski definition) is 0. The van der Waals surface area contributed by atoms with Gasteiger partial charge in [0.15, 0.2) is 6.20 Å². The minimum absolute atomic E-state index is 0.0387. The number of fused-ring (bicyclic) bond motifs is 5. The van der Waals surface area contributed by atoms with E-state index in [4.69, 9.17) is 4.74 Å². The Hall–Kier alpha value is -6.91. The molecule has 65 heavy (non-hydrogen) atoms. The summed E-state index contributed by atoms with van der Waals surface area (Å²) in [6, 6.07) is 61.3. The van der Waals surface area contributed by atoms with Crippen molar-refractivity contribution < 1.29 is 9.30 Å². The zero-order valence-electron chi connectivity index (χ0n) is 39.0. The first-order valence-electron chi connectivity index (χ1n) is 23.3. The first kappa shape index (κ1) is 39.7. The molecule has 7 aromatic carbocycles. The lowest BCUT2D eigenvalue weighted by Crippen LogP contribution is -2.71. The molecule has 2 atom stereocenters. The maximum atomic E-state index is 8.18. The van der Waals surface area contributed by atoms with Gasteiger partial charge in [-0.05, 0) is 91.6 Å². The maximum absolute atomic E-state index is 8.18. The summed E-state index contributed by atoms with van der Waals surface area (Å²) in [5.41, 5.74) is 21.3. The summed E-state index contributed by atoms with van der Waals surface area (Å²) in [7, 11) is 0. The summed E-state index contributed by atoms with van der Waals surface area (Å²) in [6.45, 7) is 21.0. The fraction of sp³-hybridized carbons (Fsp3) is 0.230. The minimum atomic E-state index is -1.05. The first-order chi connectivity index (χ1) is 31.1. The summed E-state index contributed by atoms with van der Waals surface area (Å²) >= 11 is 0. The molecule has 0 saturated carbocycles. The molecule has 0 amide bonds. The lowest BCUT2D eigenvalue weighted by Gasteiger charge is -2.49. The number of rotatable bonds is 4. The molecule has 0 aliphatic carbocycles. The number of aromatic nitrogens is 1. The second-order valence-electron chi connectivity index (χ2n) is 21.6. The van der Waals surface area contributed by atoms with E-state index in [1.807, 2.05) is 0 Å². The van der Waals surface area contributed by atoms with Crippen LogP contribution in [0.3, 0.4) is 0 Å². The molecule has 8 aromatic rings. The number of hydrogen-bond acceptors (Lipinski definition) is 3. The van der Waals surface area contributed by atoms with Gasteiger partial charge in [0, 0.05) is 39.9 Å². The van der Waals surface area contributed by atoms with E-state index in [2.05, 4.69) is 247 Å². The Bertz CT molecular complexity index is 3240. The molecule has 4 aliphatic heterocycles. The van der Waals surface area contributed by atoms with Crippen molar-refractivity contribution >= 4 is 17.1 Å². The standard InChI is InChI=1S/C61H56N3O/c1-58(2,3)43-28-29-51(46(35-43)40-24-17-12-18-25-40)63-52-27-19-26-45-47-32-42(39-22-15-11-16-23-39)33-48-53-34-41(38-20-13-10-14-21-38)30-31-62(53)61(54(47)48)64(55(45)52)57(63)49-36-44(59(4,5)6)37-50(56(49)65-61)60(7,8)9/h10-37,57H,1-9H3/q+1. The molecule has 0 radical (unpaired) electrons. The third-order valence-electron chi connectivity index (χ3n) is 14.4. The van der Waals surface area contributed by atoms with E-state index in [1.165, 1.54) is 95.0 Å². The van der Waals surface area contributed by atoms with Crippen molar-refractivity contribution in [1.29, 1.82) is 0 Å². The average Bonchev–Trinajstić information content (AvgIpc) is 3.79. The van der Waals surface area contributed by atoms with Crippen molar-refractivity contribution in [3.8, 4) is 61.5 Å². The Kier molecular flexibility index (Phi) is 8.27. The van der Waals surface area contributed by atoms with Crippen LogP contribution in [0.15, 0.2) is 170 Å². The lowest BCUT2D eigenvalue weighted by molar-refractivity contribution is -0.774. The lowest BCUT2D eigenvalue weighted by atomic mass is 9.77. The second-order valence-corrected chi connectivity index (χ2v) is 21.6. The van der Waals surface area contributed by atoms with Crippen LogP contribution in [0.4, 0.5) is 17.1 Å². The van der Waals surface area contributed by atoms with Crippen molar-refractivity contribution in [3.05, 3.63) is 198 Å². The quantitative estimate of drug-likeness (QED) is 0.165. The van der Waals surface area contributed by atoms with Gasteiger partial charge in [-0.25, -0.2) is 4.90 Å². The predicted octanol–water partition coefficient (Wildman–Crippen LogP) is 15.2. The van der Waals surface area contributed by atoms with Crippen LogP contribution >= 0.6 is 0 Å². The molecular weight excluding hydrogens is 791 g/mol. The van der Waals surface area contributed by atoms with Crippen LogP contribution in [0.2, 0.25) is 0 Å². The van der Waals surface area contributed by atoms with Crippen LogP contribution in [0.1, 0.15) is 96.3 Å². The fourth-order valence-electron chi connectivity index (χ4n) is 11.1. The highest BCUT2D eigenvalue weighted by molar-refractivity contribution is 6.03. The molecule has 12 rings (SSSR count). The Labute approximate surface area is 384 Å². The molecule has 2 unspecified atom stereocenters. The van der Waals surface area contributed by atoms with E-state index in [-0.39, 0.29) is 22.4 Å². The second kappa shape index (κ2) is 13.6. The average molecular weight is 847 g/mol. The van der Waals surface area contributed by atoms with Gasteiger partial charge in [-0.2, -0.15) is 0 Å². The van der Waals surface area contributed by atoms with Crippen LogP contribution in [0.5, 0.6) is 5.75 Å². The molecular formula is C61H56N3O+. The number of anilines is 3. The zero-order chi connectivity index (χ0) is 44.8. The summed E-state index contributed by atoms with van der Waals surface area (Å²) in [5.74, 6) is -0.0846. The van der Waals surface area contributed by atoms with E-state index in [1.54, 1.807) is 0 Å². The predicted molar refractivity (Wildman–Crippen MR) is 268 cm³/mol. The van der Waals surface area contributed by atoms with E-state index in [0.29, 0.717) is 0 Å². The number of pyridine rings is 1. The van der Waals surface area contributed by atoms with Gasteiger partial charge in [-0.15, -0.1) is 4.57 Å². The van der Waals surface area contributed by atoms with E-state index in [0.717, 1.165) is 11.4 Å². The molecule has 4 aliphatic rings. The zero-order valence-corrected chi connectivity index (χ0v) is 39.0. The molecule has 320 valence electrons. The van der Waals surface area contributed by atoms with Gasteiger partial charge < -0.3 is 9.64 Å². The SMILES string of the molecule is CC(C)(C)c1ccc(N2c3cccc4c3N3C2c2cc(C(C)(C)C)cc(C(C)(C)C)c2OC32c3c-4cc(-c4ccccc4)cc3-c3cc(-c4ccccc4)cc[n+]32)c(-c2ccccc2)c1. The number of para-hydroxylation sites is 1. The van der Waals surface area contributed by atoms with Crippen molar-refractivity contribution in [2.24, 2.45) is 0 Å². The summed E-state index contributed by atoms with van der Waals surface area (Å²) < 4.78 is 10.6. The molecule has 0 saturated heterocycles. The molecule has 1 spiro atoms. The van der Waals surface area contributed by atoms with Crippen molar-refractivity contribution in [3.63, 3.8) is 0 Å². The topological polar surface area (TPSA) is 19.6 Å². The van der Waals surface area contributed by atoms with Crippen molar-refractivity contribution in [1.82, 2.24) is 0 Å². The van der Waals surface area contributed by atoms with Crippen LogP contribution in [0.25, 0.3) is 55.8 Å². The summed E-state index contributed by atoms with van der Waals surface area (Å²) in [5, 5.41) is 0. The number of ether oxygens (including phenoxy) is 1. The molecule has 4 heteroatoms. The molecule has 1 aromatic heterocycles. The van der Waals surface area contributed by atoms with Gasteiger partial charge in [0.2, 0.25) is 5.69 Å². The van der Waals surface area contributed by atoms with Crippen molar-refractivity contribution in [2.45, 2.75) is 90.6 Å².